The number of benzene rings is 4. The first kappa shape index (κ1) is 41.8. The van der Waals surface area contributed by atoms with Gasteiger partial charge >= 0.3 is 0 Å². The number of thioether (sulfide) groups is 2. The number of aliphatic hydroxyl groups excluding tert-OH is 2. The zero-order chi connectivity index (χ0) is 40.0. The molecule has 0 atom stereocenters. The van der Waals surface area contributed by atoms with E-state index < -0.39 is 0 Å². The summed E-state index contributed by atoms with van der Waals surface area (Å²) in [5.74, 6) is 2.12. The van der Waals surface area contributed by atoms with Crippen LogP contribution in [0.1, 0.15) is 25.7 Å². The number of anilines is 5. The number of nitrogens with two attached hydrogens (primary N) is 1. The number of halogens is 1. The fourth-order valence-corrected chi connectivity index (χ4v) is 7.25. The Labute approximate surface area is 349 Å². The average molecular weight is 822 g/mol. The largest absolute Gasteiger partial charge is 0.399 e. The molecule has 4 aromatic carbocycles. The van der Waals surface area contributed by atoms with Crippen LogP contribution in [0.15, 0.2) is 131 Å². The van der Waals surface area contributed by atoms with Crippen LogP contribution < -0.4 is 20.9 Å². The Morgan fingerprint density at radius 2 is 1.04 bits per heavy atom. The minimum Gasteiger partial charge on any atom is -0.399 e. The molecule has 2 aromatic heterocycles. The highest BCUT2D eigenvalue weighted by Crippen LogP contribution is 2.28. The van der Waals surface area contributed by atoms with Crippen molar-refractivity contribution in [3.63, 3.8) is 0 Å². The summed E-state index contributed by atoms with van der Waals surface area (Å²) in [7, 11) is 0. The smallest absolute Gasteiger partial charge is 0.227 e. The molecule has 0 aliphatic carbocycles. The third-order valence-corrected chi connectivity index (χ3v) is 11.2. The van der Waals surface area contributed by atoms with Gasteiger partial charge in [0.05, 0.1) is 23.6 Å². The Bertz CT molecular complexity index is 2120. The van der Waals surface area contributed by atoms with Crippen LogP contribution in [0.2, 0.25) is 5.15 Å². The van der Waals surface area contributed by atoms with Gasteiger partial charge in [0.25, 0.3) is 0 Å². The summed E-state index contributed by atoms with van der Waals surface area (Å²) in [6.07, 6.45) is 6.68. The SMILES string of the molecule is CSc1ccc(N)cc1.CSc1ccc(Nc2cc(-c3ccccc3)nc(N3CCC(O)CC3)n2)cc1.OC1CCN(c2nc(Cl)cc(-c3ccccc3)n2)CC1. The molecule has 6 aromatic rings. The second kappa shape index (κ2) is 21.1. The van der Waals surface area contributed by atoms with E-state index in [9.17, 15) is 10.2 Å². The summed E-state index contributed by atoms with van der Waals surface area (Å²) in [6, 6.07) is 40.0. The van der Waals surface area contributed by atoms with Crippen molar-refractivity contribution in [2.45, 2.75) is 47.7 Å². The highest BCUT2D eigenvalue weighted by atomic mass is 35.5. The van der Waals surface area contributed by atoms with Crippen LogP contribution in [0, 0.1) is 0 Å². The standard InChI is InChI=1S/C22H24N4OS.C15H16ClN3O.C7H9NS/c1-28-19-9-7-17(8-10-19)23-21-15-20(16-5-3-2-4-6-16)24-22(25-21)26-13-11-18(27)12-14-26;16-14-10-13(11-4-2-1-3-5-11)17-15(18-14)19-8-6-12(20)7-9-19;1-9-7-4-2-6(8)3-5-7/h2-10,15,18,27H,11-14H2,1H3,(H,23,24,25);1-5,10,12,20H,6-9H2;2-5H,8H2,1H3. The minimum atomic E-state index is -0.221. The van der Waals surface area contributed by atoms with Gasteiger partial charge in [-0.05, 0) is 86.7 Å². The van der Waals surface area contributed by atoms with E-state index in [0.717, 1.165) is 91.6 Å². The monoisotopic (exact) mass is 820 g/mol. The first-order chi connectivity index (χ1) is 27.8. The van der Waals surface area contributed by atoms with Crippen LogP contribution in [-0.4, -0.2) is 81.0 Å². The van der Waals surface area contributed by atoms with E-state index in [2.05, 4.69) is 67.7 Å². The van der Waals surface area contributed by atoms with Crippen molar-refractivity contribution < 1.29 is 10.2 Å². The lowest BCUT2D eigenvalue weighted by Gasteiger charge is -2.30. The van der Waals surface area contributed by atoms with Gasteiger partial charge in [-0.15, -0.1) is 23.5 Å². The minimum absolute atomic E-state index is 0.209. The summed E-state index contributed by atoms with van der Waals surface area (Å²) in [4.78, 5) is 25.2. The number of aromatic nitrogens is 4. The normalized spacial score (nSPS) is 14.5. The molecule has 2 saturated heterocycles. The van der Waals surface area contributed by atoms with Gasteiger partial charge in [-0.1, -0.05) is 72.3 Å². The lowest BCUT2D eigenvalue weighted by atomic mass is 10.1. The topological polar surface area (TPSA) is 137 Å². The summed E-state index contributed by atoms with van der Waals surface area (Å²) >= 11 is 9.57. The van der Waals surface area contributed by atoms with Gasteiger partial charge in [0.2, 0.25) is 11.9 Å². The van der Waals surface area contributed by atoms with Crippen molar-refractivity contribution in [1.82, 2.24) is 19.9 Å². The van der Waals surface area contributed by atoms with Crippen LogP contribution in [0.25, 0.3) is 22.5 Å². The number of nitrogen functional groups attached to an aromatic ring is 1. The molecule has 0 unspecified atom stereocenters. The first-order valence-corrected chi connectivity index (χ1v) is 21.8. The molecule has 8 rings (SSSR count). The summed E-state index contributed by atoms with van der Waals surface area (Å²) in [5, 5.41) is 23.2. The Balaban J connectivity index is 0.000000164. The fraction of sp³-hybridized carbons (Fsp3) is 0.273. The van der Waals surface area contributed by atoms with E-state index in [1.165, 1.54) is 9.79 Å². The Morgan fingerprint density at radius 1 is 0.596 bits per heavy atom. The molecule has 10 nitrogen and oxygen atoms in total. The predicted octanol–water partition coefficient (Wildman–Crippen LogP) is 9.32. The van der Waals surface area contributed by atoms with Crippen molar-refractivity contribution in [2.75, 3.05) is 59.5 Å². The van der Waals surface area contributed by atoms with E-state index >= 15 is 0 Å². The molecule has 0 radical (unpaired) electrons. The van der Waals surface area contributed by atoms with Gasteiger partial charge in [0.15, 0.2) is 0 Å². The molecular weight excluding hydrogens is 772 g/mol. The first-order valence-electron chi connectivity index (χ1n) is 19.0. The maximum Gasteiger partial charge on any atom is 0.227 e. The van der Waals surface area contributed by atoms with E-state index in [0.29, 0.717) is 17.0 Å². The van der Waals surface area contributed by atoms with Gasteiger partial charge in [0, 0.05) is 70.6 Å². The molecule has 2 aliphatic heterocycles. The maximum atomic E-state index is 9.82. The van der Waals surface area contributed by atoms with Crippen LogP contribution >= 0.6 is 35.1 Å². The number of aliphatic hydroxyl groups is 2. The van der Waals surface area contributed by atoms with Crippen molar-refractivity contribution in [3.8, 4) is 22.5 Å². The molecule has 0 amide bonds. The molecule has 0 saturated carbocycles. The quantitative estimate of drug-likeness (QED) is 0.0662. The summed E-state index contributed by atoms with van der Waals surface area (Å²) in [6.45, 7) is 3.05. The number of hydrogen-bond acceptors (Lipinski definition) is 12. The van der Waals surface area contributed by atoms with Crippen molar-refractivity contribution in [1.29, 1.82) is 0 Å². The molecule has 2 aliphatic rings. The van der Waals surface area contributed by atoms with Crippen molar-refractivity contribution in [3.05, 3.63) is 126 Å². The number of rotatable bonds is 8. The zero-order valence-corrected chi connectivity index (χ0v) is 34.6. The van der Waals surface area contributed by atoms with E-state index in [1.807, 2.05) is 85.1 Å². The van der Waals surface area contributed by atoms with Crippen LogP contribution in [-0.2, 0) is 0 Å². The molecule has 2 fully saturated rings. The van der Waals surface area contributed by atoms with E-state index in [-0.39, 0.29) is 12.2 Å². The second-order valence-corrected chi connectivity index (χ2v) is 15.8. The number of nitrogens with zero attached hydrogens (tertiary/aromatic N) is 6. The van der Waals surface area contributed by atoms with E-state index in [4.69, 9.17) is 27.3 Å². The highest BCUT2D eigenvalue weighted by molar-refractivity contribution is 7.98. The summed E-state index contributed by atoms with van der Waals surface area (Å²) < 4.78 is 0. The predicted molar refractivity (Wildman–Crippen MR) is 239 cm³/mol. The lowest BCUT2D eigenvalue weighted by Crippen LogP contribution is -2.37. The number of nitrogens with one attached hydrogen (secondary N) is 1. The van der Waals surface area contributed by atoms with E-state index in [1.54, 1.807) is 29.6 Å². The molecule has 5 N–H and O–H groups in total. The summed E-state index contributed by atoms with van der Waals surface area (Å²) in [5.41, 5.74) is 11.1. The Morgan fingerprint density at radius 3 is 1.51 bits per heavy atom. The lowest BCUT2D eigenvalue weighted by molar-refractivity contribution is 0.144. The molecule has 57 heavy (non-hydrogen) atoms. The molecule has 296 valence electrons. The Hall–Kier alpha value is -4.85. The Kier molecular flexibility index (Phi) is 15.4. The van der Waals surface area contributed by atoms with Gasteiger partial charge < -0.3 is 31.1 Å². The number of piperidine rings is 2. The molecule has 0 spiro atoms. The van der Waals surface area contributed by atoms with Crippen LogP contribution in [0.4, 0.5) is 29.1 Å². The van der Waals surface area contributed by atoms with Gasteiger partial charge in [-0.2, -0.15) is 4.98 Å². The van der Waals surface area contributed by atoms with Gasteiger partial charge in [0.1, 0.15) is 11.0 Å². The molecular formula is C44H49ClN8O2S2. The molecule has 0 bridgehead atoms. The van der Waals surface area contributed by atoms with Gasteiger partial charge in [-0.3, -0.25) is 0 Å². The second-order valence-electron chi connectivity index (χ2n) is 13.6. The van der Waals surface area contributed by atoms with Gasteiger partial charge in [-0.25, -0.2) is 15.0 Å². The highest BCUT2D eigenvalue weighted by Gasteiger charge is 2.22. The van der Waals surface area contributed by atoms with Crippen molar-refractivity contribution in [2.24, 2.45) is 0 Å². The molecule has 4 heterocycles. The third kappa shape index (κ3) is 12.6. The third-order valence-electron chi connectivity index (χ3n) is 9.51. The van der Waals surface area contributed by atoms with Crippen LogP contribution in [0.3, 0.4) is 0 Å². The maximum absolute atomic E-state index is 9.82. The number of hydrogen-bond donors (Lipinski definition) is 4. The molecule has 13 heteroatoms. The van der Waals surface area contributed by atoms with Crippen LogP contribution in [0.5, 0.6) is 0 Å². The average Bonchev–Trinajstić information content (AvgIpc) is 3.25. The zero-order valence-electron chi connectivity index (χ0n) is 32.2. The van der Waals surface area contributed by atoms with Crippen molar-refractivity contribution >= 4 is 64.2 Å². The fourth-order valence-electron chi connectivity index (χ4n) is 6.26.